The summed E-state index contributed by atoms with van der Waals surface area (Å²) in [5.74, 6) is 0.628. The first-order valence-electron chi connectivity index (χ1n) is 6.13. The summed E-state index contributed by atoms with van der Waals surface area (Å²) in [7, 11) is 1.96. The molecule has 2 aromatic rings. The summed E-state index contributed by atoms with van der Waals surface area (Å²) >= 11 is 1.67. The van der Waals surface area contributed by atoms with Crippen molar-refractivity contribution in [3.8, 4) is 0 Å². The van der Waals surface area contributed by atoms with E-state index in [1.165, 1.54) is 4.88 Å². The Labute approximate surface area is 116 Å². The van der Waals surface area contributed by atoms with Gasteiger partial charge in [-0.2, -0.15) is 0 Å². The van der Waals surface area contributed by atoms with Crippen molar-refractivity contribution in [2.75, 3.05) is 0 Å². The van der Waals surface area contributed by atoms with Crippen molar-refractivity contribution < 1.29 is 4.79 Å². The molecule has 0 aliphatic rings. The molecule has 2 heterocycles. The second-order valence-corrected chi connectivity index (χ2v) is 5.56. The SMILES string of the molecule is CC(CC(N)=O)NC(c1cccs1)c1nccn1C. The highest BCUT2D eigenvalue weighted by Gasteiger charge is 2.21. The second kappa shape index (κ2) is 5.99. The molecule has 19 heavy (non-hydrogen) atoms. The summed E-state index contributed by atoms with van der Waals surface area (Å²) in [5, 5.41) is 5.45. The number of thiophene rings is 1. The lowest BCUT2D eigenvalue weighted by Crippen LogP contribution is -2.35. The van der Waals surface area contributed by atoms with Crippen LogP contribution < -0.4 is 11.1 Å². The van der Waals surface area contributed by atoms with Crippen LogP contribution in [0.2, 0.25) is 0 Å². The smallest absolute Gasteiger partial charge is 0.218 e. The molecule has 2 atom stereocenters. The molecule has 2 rings (SSSR count). The number of hydrogen-bond acceptors (Lipinski definition) is 4. The first-order valence-corrected chi connectivity index (χ1v) is 7.01. The highest BCUT2D eigenvalue weighted by molar-refractivity contribution is 7.10. The molecule has 1 amide bonds. The molecular formula is C13H18N4OS. The number of nitrogens with two attached hydrogens (primary N) is 1. The molecule has 6 heteroatoms. The summed E-state index contributed by atoms with van der Waals surface area (Å²) in [6.45, 7) is 1.95. The highest BCUT2D eigenvalue weighted by atomic mass is 32.1. The Kier molecular flexibility index (Phi) is 4.34. The lowest BCUT2D eigenvalue weighted by molar-refractivity contribution is -0.118. The molecular weight excluding hydrogens is 260 g/mol. The predicted octanol–water partition coefficient (Wildman–Crippen LogP) is 1.42. The van der Waals surface area contributed by atoms with E-state index in [-0.39, 0.29) is 18.0 Å². The molecule has 0 spiro atoms. The van der Waals surface area contributed by atoms with Crippen molar-refractivity contribution in [2.45, 2.75) is 25.4 Å². The fraction of sp³-hybridized carbons (Fsp3) is 0.385. The molecule has 0 radical (unpaired) electrons. The standard InChI is InChI=1S/C13H18N4OS/c1-9(8-11(14)18)16-12(10-4-3-7-19-10)13-15-5-6-17(13)2/h3-7,9,12,16H,8H2,1-2H3,(H2,14,18). The number of rotatable bonds is 6. The predicted molar refractivity (Wildman–Crippen MR) is 75.8 cm³/mol. The molecule has 0 bridgehead atoms. The minimum Gasteiger partial charge on any atom is -0.370 e. The Bertz CT molecular complexity index is 535. The molecule has 0 saturated heterocycles. The topological polar surface area (TPSA) is 72.9 Å². The van der Waals surface area contributed by atoms with Gasteiger partial charge in [0.05, 0.1) is 0 Å². The maximum atomic E-state index is 11.0. The normalized spacial score (nSPS) is 14.2. The van der Waals surface area contributed by atoms with Gasteiger partial charge < -0.3 is 10.3 Å². The summed E-state index contributed by atoms with van der Waals surface area (Å²) in [6, 6.07) is 4.06. The fourth-order valence-electron chi connectivity index (χ4n) is 2.04. The van der Waals surface area contributed by atoms with Crippen LogP contribution in [0.1, 0.15) is 30.1 Å². The van der Waals surface area contributed by atoms with Gasteiger partial charge in [0.15, 0.2) is 0 Å². The maximum absolute atomic E-state index is 11.0. The van der Waals surface area contributed by atoms with Gasteiger partial charge in [-0.25, -0.2) is 4.98 Å². The van der Waals surface area contributed by atoms with E-state index in [4.69, 9.17) is 5.73 Å². The number of amides is 1. The Morgan fingerprint density at radius 2 is 2.42 bits per heavy atom. The number of hydrogen-bond donors (Lipinski definition) is 2. The zero-order valence-electron chi connectivity index (χ0n) is 11.0. The van der Waals surface area contributed by atoms with Crippen molar-refractivity contribution in [1.82, 2.24) is 14.9 Å². The van der Waals surface area contributed by atoms with Crippen LogP contribution in [0, 0.1) is 0 Å². The Morgan fingerprint density at radius 3 is 2.95 bits per heavy atom. The third-order valence-corrected chi connectivity index (χ3v) is 3.84. The Balaban J connectivity index is 2.21. The van der Waals surface area contributed by atoms with Gasteiger partial charge in [0.1, 0.15) is 11.9 Å². The van der Waals surface area contributed by atoms with E-state index >= 15 is 0 Å². The van der Waals surface area contributed by atoms with Crippen molar-refractivity contribution in [1.29, 1.82) is 0 Å². The Morgan fingerprint density at radius 1 is 1.63 bits per heavy atom. The van der Waals surface area contributed by atoms with Crippen molar-refractivity contribution in [3.63, 3.8) is 0 Å². The van der Waals surface area contributed by atoms with Crippen LogP contribution in [0.4, 0.5) is 0 Å². The number of nitrogens with zero attached hydrogens (tertiary/aromatic N) is 2. The molecule has 5 nitrogen and oxygen atoms in total. The lowest BCUT2D eigenvalue weighted by atomic mass is 10.1. The molecule has 0 aliphatic heterocycles. The van der Waals surface area contributed by atoms with E-state index in [0.29, 0.717) is 6.42 Å². The second-order valence-electron chi connectivity index (χ2n) is 4.58. The minimum atomic E-state index is -0.301. The van der Waals surface area contributed by atoms with E-state index in [2.05, 4.69) is 16.4 Å². The zero-order valence-corrected chi connectivity index (χ0v) is 11.9. The van der Waals surface area contributed by atoms with Gasteiger partial charge in [-0.05, 0) is 18.4 Å². The van der Waals surface area contributed by atoms with Gasteiger partial charge in [0.2, 0.25) is 5.91 Å². The van der Waals surface area contributed by atoms with Gasteiger partial charge in [0, 0.05) is 36.8 Å². The number of primary amides is 1. The molecule has 2 aromatic heterocycles. The average molecular weight is 278 g/mol. The third kappa shape index (κ3) is 3.42. The molecule has 0 aromatic carbocycles. The molecule has 2 unspecified atom stereocenters. The van der Waals surface area contributed by atoms with Crippen LogP contribution in [0.25, 0.3) is 0 Å². The summed E-state index contributed by atoms with van der Waals surface area (Å²) in [5.41, 5.74) is 5.24. The van der Waals surface area contributed by atoms with Crippen LogP contribution in [-0.4, -0.2) is 21.5 Å². The quantitative estimate of drug-likeness (QED) is 0.839. The number of aryl methyl sites for hydroxylation is 1. The van der Waals surface area contributed by atoms with Crippen molar-refractivity contribution in [2.24, 2.45) is 12.8 Å². The van der Waals surface area contributed by atoms with E-state index < -0.39 is 0 Å². The number of aromatic nitrogens is 2. The van der Waals surface area contributed by atoms with Gasteiger partial charge in [-0.1, -0.05) is 6.07 Å². The van der Waals surface area contributed by atoms with E-state index in [0.717, 1.165) is 5.82 Å². The van der Waals surface area contributed by atoms with Gasteiger partial charge in [0.25, 0.3) is 0 Å². The molecule has 0 saturated carbocycles. The first kappa shape index (κ1) is 13.8. The molecule has 0 aliphatic carbocycles. The van der Waals surface area contributed by atoms with Gasteiger partial charge in [-0.3, -0.25) is 10.1 Å². The van der Waals surface area contributed by atoms with Crippen LogP contribution in [0.3, 0.4) is 0 Å². The van der Waals surface area contributed by atoms with Crippen LogP contribution in [-0.2, 0) is 11.8 Å². The van der Waals surface area contributed by atoms with E-state index in [9.17, 15) is 4.79 Å². The Hall–Kier alpha value is -1.66. The van der Waals surface area contributed by atoms with Crippen molar-refractivity contribution in [3.05, 3.63) is 40.6 Å². The number of carbonyl (C=O) groups excluding carboxylic acids is 1. The van der Waals surface area contributed by atoms with Crippen molar-refractivity contribution >= 4 is 17.2 Å². The fourth-order valence-corrected chi connectivity index (χ4v) is 2.82. The average Bonchev–Trinajstić information content (AvgIpc) is 2.96. The van der Waals surface area contributed by atoms with Crippen LogP contribution in [0.15, 0.2) is 29.9 Å². The largest absolute Gasteiger partial charge is 0.370 e. The minimum absolute atomic E-state index is 0.00120. The lowest BCUT2D eigenvalue weighted by Gasteiger charge is -2.21. The number of nitrogens with one attached hydrogen (secondary N) is 1. The monoisotopic (exact) mass is 278 g/mol. The highest BCUT2D eigenvalue weighted by Crippen LogP contribution is 2.25. The molecule has 102 valence electrons. The van der Waals surface area contributed by atoms with E-state index in [1.54, 1.807) is 17.5 Å². The maximum Gasteiger partial charge on any atom is 0.218 e. The van der Waals surface area contributed by atoms with E-state index in [1.807, 2.05) is 36.2 Å². The van der Waals surface area contributed by atoms with Gasteiger partial charge >= 0.3 is 0 Å². The third-order valence-electron chi connectivity index (χ3n) is 2.90. The summed E-state index contributed by atoms with van der Waals surface area (Å²) in [4.78, 5) is 16.6. The summed E-state index contributed by atoms with van der Waals surface area (Å²) in [6.07, 6.45) is 4.00. The zero-order chi connectivity index (χ0) is 13.8. The number of carbonyl (C=O) groups is 1. The van der Waals surface area contributed by atoms with Crippen LogP contribution >= 0.6 is 11.3 Å². The van der Waals surface area contributed by atoms with Crippen LogP contribution in [0.5, 0.6) is 0 Å². The molecule has 3 N–H and O–H groups in total. The molecule has 0 fully saturated rings. The number of imidazole rings is 1. The van der Waals surface area contributed by atoms with Gasteiger partial charge in [-0.15, -0.1) is 11.3 Å². The summed E-state index contributed by atoms with van der Waals surface area (Å²) < 4.78 is 1.98. The first-order chi connectivity index (χ1) is 9.08.